The highest BCUT2D eigenvalue weighted by atomic mass is 19.4. The molecule has 8 heteroatoms. The Morgan fingerprint density at radius 3 is 2.46 bits per heavy atom. The third-order valence-corrected chi connectivity index (χ3v) is 4.22. The highest BCUT2D eigenvalue weighted by Gasteiger charge is 2.34. The van der Waals surface area contributed by atoms with Crippen LogP contribution in [0.1, 0.15) is 17.5 Å². The van der Waals surface area contributed by atoms with Crippen molar-refractivity contribution in [3.8, 4) is 0 Å². The van der Waals surface area contributed by atoms with E-state index in [4.69, 9.17) is 0 Å². The average Bonchev–Trinajstić information content (AvgIpc) is 2.97. The molecule has 2 rings (SSSR count). The summed E-state index contributed by atoms with van der Waals surface area (Å²) in [6.07, 6.45) is -3.47. The predicted molar refractivity (Wildman–Crippen MR) is 98.1 cm³/mol. The molecule has 1 aliphatic heterocycles. The first-order chi connectivity index (χ1) is 12.2. The van der Waals surface area contributed by atoms with Gasteiger partial charge in [0, 0.05) is 39.3 Å². The molecule has 1 aromatic carbocycles. The summed E-state index contributed by atoms with van der Waals surface area (Å²) < 4.78 is 37.4. The van der Waals surface area contributed by atoms with Crippen LogP contribution in [0.3, 0.4) is 0 Å². The fourth-order valence-corrected chi connectivity index (χ4v) is 3.05. The first-order valence-electron chi connectivity index (χ1n) is 8.74. The van der Waals surface area contributed by atoms with Crippen LogP contribution in [-0.2, 0) is 13.1 Å². The molecule has 1 aliphatic rings. The second-order valence-electron chi connectivity index (χ2n) is 6.96. The van der Waals surface area contributed by atoms with Crippen molar-refractivity contribution in [3.05, 3.63) is 35.4 Å². The molecular formula is C18H28F3N5. The predicted octanol–water partition coefficient (Wildman–Crippen LogP) is 2.05. The monoisotopic (exact) mass is 371 g/mol. The SMILES string of the molecule is CN=C(NCc1ccc(CN(C)C)cc1)NC1CCN(CC(F)(F)F)C1. The number of nitrogens with one attached hydrogen (secondary N) is 2. The third-order valence-electron chi connectivity index (χ3n) is 4.22. The molecule has 0 amide bonds. The van der Waals surface area contributed by atoms with Gasteiger partial charge in [-0.25, -0.2) is 0 Å². The van der Waals surface area contributed by atoms with Gasteiger partial charge in [0.15, 0.2) is 5.96 Å². The Bertz CT molecular complexity index is 583. The quantitative estimate of drug-likeness (QED) is 0.593. The smallest absolute Gasteiger partial charge is 0.352 e. The van der Waals surface area contributed by atoms with Crippen molar-refractivity contribution in [2.24, 2.45) is 4.99 Å². The Morgan fingerprint density at radius 2 is 1.88 bits per heavy atom. The lowest BCUT2D eigenvalue weighted by Gasteiger charge is -2.20. The molecule has 1 heterocycles. The summed E-state index contributed by atoms with van der Waals surface area (Å²) in [5.74, 6) is 0.612. The number of benzene rings is 1. The Balaban J connectivity index is 1.78. The fourth-order valence-electron chi connectivity index (χ4n) is 3.05. The van der Waals surface area contributed by atoms with Gasteiger partial charge >= 0.3 is 6.18 Å². The molecule has 26 heavy (non-hydrogen) atoms. The molecule has 0 radical (unpaired) electrons. The fraction of sp³-hybridized carbons (Fsp3) is 0.611. The van der Waals surface area contributed by atoms with E-state index < -0.39 is 12.7 Å². The summed E-state index contributed by atoms with van der Waals surface area (Å²) in [6, 6.07) is 8.31. The van der Waals surface area contributed by atoms with Crippen molar-refractivity contribution >= 4 is 5.96 Å². The van der Waals surface area contributed by atoms with Crippen LogP contribution in [0.4, 0.5) is 13.2 Å². The molecule has 1 unspecified atom stereocenters. The minimum atomic E-state index is -4.15. The number of hydrogen-bond donors (Lipinski definition) is 2. The zero-order chi connectivity index (χ0) is 19.2. The molecule has 0 aromatic heterocycles. The van der Waals surface area contributed by atoms with Crippen molar-refractivity contribution in [2.75, 3.05) is 40.8 Å². The van der Waals surface area contributed by atoms with Crippen molar-refractivity contribution in [1.82, 2.24) is 20.4 Å². The van der Waals surface area contributed by atoms with E-state index in [1.54, 1.807) is 7.05 Å². The van der Waals surface area contributed by atoms with E-state index in [9.17, 15) is 13.2 Å². The number of likely N-dealkylation sites (tertiary alicyclic amines) is 1. The number of alkyl halides is 3. The number of halogens is 3. The van der Waals surface area contributed by atoms with Gasteiger partial charge in [0.2, 0.25) is 0 Å². The molecule has 5 nitrogen and oxygen atoms in total. The second-order valence-corrected chi connectivity index (χ2v) is 6.96. The molecule has 0 saturated carbocycles. The van der Waals surface area contributed by atoms with Gasteiger partial charge in [-0.3, -0.25) is 9.89 Å². The summed E-state index contributed by atoms with van der Waals surface area (Å²) >= 11 is 0. The Morgan fingerprint density at radius 1 is 1.23 bits per heavy atom. The third kappa shape index (κ3) is 7.21. The van der Waals surface area contributed by atoms with Gasteiger partial charge in [0.25, 0.3) is 0 Å². The summed E-state index contributed by atoms with van der Waals surface area (Å²) in [7, 11) is 5.73. The van der Waals surface area contributed by atoms with E-state index in [1.807, 2.05) is 14.1 Å². The minimum Gasteiger partial charge on any atom is -0.352 e. The maximum absolute atomic E-state index is 12.5. The zero-order valence-corrected chi connectivity index (χ0v) is 15.6. The van der Waals surface area contributed by atoms with Crippen LogP contribution in [0.25, 0.3) is 0 Å². The van der Waals surface area contributed by atoms with Gasteiger partial charge in [-0.1, -0.05) is 24.3 Å². The molecule has 1 fully saturated rings. The highest BCUT2D eigenvalue weighted by Crippen LogP contribution is 2.19. The van der Waals surface area contributed by atoms with Crippen LogP contribution in [0.5, 0.6) is 0 Å². The van der Waals surface area contributed by atoms with Crippen LogP contribution >= 0.6 is 0 Å². The molecule has 1 saturated heterocycles. The van der Waals surface area contributed by atoms with E-state index in [0.717, 1.165) is 12.1 Å². The van der Waals surface area contributed by atoms with Crippen LogP contribution in [-0.4, -0.2) is 68.8 Å². The first kappa shape index (κ1) is 20.5. The molecule has 0 aliphatic carbocycles. The van der Waals surface area contributed by atoms with E-state index in [1.165, 1.54) is 10.5 Å². The molecule has 2 N–H and O–H groups in total. The Kier molecular flexibility index (Phi) is 7.28. The number of aliphatic imine (C=N–C) groups is 1. The van der Waals surface area contributed by atoms with Crippen molar-refractivity contribution in [2.45, 2.75) is 31.7 Å². The maximum Gasteiger partial charge on any atom is 0.401 e. The van der Waals surface area contributed by atoms with Gasteiger partial charge in [0.1, 0.15) is 0 Å². The number of guanidine groups is 1. The average molecular weight is 371 g/mol. The van der Waals surface area contributed by atoms with Gasteiger partial charge in [-0.2, -0.15) is 13.2 Å². The highest BCUT2D eigenvalue weighted by molar-refractivity contribution is 5.80. The Hall–Kier alpha value is -1.80. The molecule has 1 aromatic rings. The molecule has 0 spiro atoms. The van der Waals surface area contributed by atoms with E-state index >= 15 is 0 Å². The van der Waals surface area contributed by atoms with Crippen molar-refractivity contribution in [3.63, 3.8) is 0 Å². The molecular weight excluding hydrogens is 343 g/mol. The molecule has 1 atom stereocenters. The van der Waals surface area contributed by atoms with Gasteiger partial charge < -0.3 is 15.5 Å². The largest absolute Gasteiger partial charge is 0.401 e. The lowest BCUT2D eigenvalue weighted by Crippen LogP contribution is -2.44. The van der Waals surface area contributed by atoms with Gasteiger partial charge in [0.05, 0.1) is 6.54 Å². The van der Waals surface area contributed by atoms with E-state index in [2.05, 4.69) is 44.8 Å². The maximum atomic E-state index is 12.5. The number of nitrogens with zero attached hydrogens (tertiary/aromatic N) is 3. The summed E-state index contributed by atoms with van der Waals surface area (Å²) in [5, 5.41) is 6.44. The number of hydrogen-bond acceptors (Lipinski definition) is 3. The van der Waals surface area contributed by atoms with Crippen LogP contribution < -0.4 is 10.6 Å². The van der Waals surface area contributed by atoms with Crippen molar-refractivity contribution in [1.29, 1.82) is 0 Å². The summed E-state index contributed by atoms with van der Waals surface area (Å²) in [5.41, 5.74) is 2.37. The zero-order valence-electron chi connectivity index (χ0n) is 15.6. The second kappa shape index (κ2) is 9.23. The first-order valence-corrected chi connectivity index (χ1v) is 8.74. The molecule has 146 valence electrons. The number of rotatable bonds is 6. The van der Waals surface area contributed by atoms with Gasteiger partial charge in [-0.15, -0.1) is 0 Å². The molecule has 0 bridgehead atoms. The summed E-state index contributed by atoms with van der Waals surface area (Å²) in [6.45, 7) is 1.48. The normalized spacial score (nSPS) is 19.2. The van der Waals surface area contributed by atoms with Crippen LogP contribution in [0.15, 0.2) is 29.3 Å². The lowest BCUT2D eigenvalue weighted by molar-refractivity contribution is -0.143. The standard InChI is InChI=1S/C18H28F3N5/c1-22-17(24-16-8-9-26(12-16)13-18(19,20)21)23-10-14-4-6-15(7-5-14)11-25(2)3/h4-7,16H,8-13H2,1-3H3,(H2,22,23,24). The topological polar surface area (TPSA) is 42.9 Å². The van der Waals surface area contributed by atoms with E-state index in [0.29, 0.717) is 32.0 Å². The van der Waals surface area contributed by atoms with Crippen molar-refractivity contribution < 1.29 is 13.2 Å². The lowest BCUT2D eigenvalue weighted by atomic mass is 10.1. The van der Waals surface area contributed by atoms with E-state index in [-0.39, 0.29) is 6.04 Å². The minimum absolute atomic E-state index is 0.0222. The van der Waals surface area contributed by atoms with Crippen LogP contribution in [0.2, 0.25) is 0 Å². The Labute approximate surface area is 153 Å². The van der Waals surface area contributed by atoms with Crippen LogP contribution in [0, 0.1) is 0 Å². The van der Waals surface area contributed by atoms with Gasteiger partial charge in [-0.05, 0) is 31.6 Å². The summed E-state index contributed by atoms with van der Waals surface area (Å²) in [4.78, 5) is 7.71.